The van der Waals surface area contributed by atoms with Crippen molar-refractivity contribution in [2.75, 3.05) is 36.9 Å². The molecule has 21 heavy (non-hydrogen) atoms. The molecule has 0 amide bonds. The maximum Gasteiger partial charge on any atom is 0.225 e. The molecule has 1 heterocycles. The van der Waals surface area contributed by atoms with Crippen molar-refractivity contribution in [3.05, 3.63) is 24.3 Å². The number of hydrogen-bond acceptors (Lipinski definition) is 5. The summed E-state index contributed by atoms with van der Waals surface area (Å²) >= 11 is 0. The Morgan fingerprint density at radius 3 is 2.71 bits per heavy atom. The molecule has 0 unspecified atom stereocenters. The lowest BCUT2D eigenvalue weighted by Gasteiger charge is -2.11. The van der Waals surface area contributed by atoms with Crippen LogP contribution in [0.4, 0.5) is 11.8 Å². The van der Waals surface area contributed by atoms with Crippen LogP contribution in [0.2, 0.25) is 0 Å². The number of anilines is 2. The first-order valence-corrected chi connectivity index (χ1v) is 7.67. The first-order chi connectivity index (χ1) is 10.3. The van der Waals surface area contributed by atoms with Crippen molar-refractivity contribution in [2.45, 2.75) is 26.7 Å². The molecule has 0 saturated heterocycles. The van der Waals surface area contributed by atoms with Gasteiger partial charge in [0, 0.05) is 31.7 Å². The van der Waals surface area contributed by atoms with Crippen LogP contribution in [-0.4, -0.2) is 36.3 Å². The van der Waals surface area contributed by atoms with Gasteiger partial charge in [-0.1, -0.05) is 19.1 Å². The number of aromatic nitrogens is 2. The number of nitrogens with one attached hydrogen (secondary N) is 2. The molecular formula is C16H24N4O. The largest absolute Gasteiger partial charge is 0.382 e. The Morgan fingerprint density at radius 2 is 1.90 bits per heavy atom. The Kier molecular flexibility index (Phi) is 6.22. The van der Waals surface area contributed by atoms with Crippen molar-refractivity contribution in [3.8, 4) is 0 Å². The van der Waals surface area contributed by atoms with Crippen LogP contribution in [0.25, 0.3) is 10.9 Å². The highest BCUT2D eigenvalue weighted by Crippen LogP contribution is 2.21. The summed E-state index contributed by atoms with van der Waals surface area (Å²) in [7, 11) is 0. The first-order valence-electron chi connectivity index (χ1n) is 7.67. The lowest BCUT2D eigenvalue weighted by Crippen LogP contribution is -2.10. The minimum absolute atomic E-state index is 0.683. The van der Waals surface area contributed by atoms with Gasteiger partial charge in [-0.05, 0) is 31.9 Å². The molecule has 0 radical (unpaired) electrons. The Morgan fingerprint density at radius 1 is 1.05 bits per heavy atom. The van der Waals surface area contributed by atoms with Gasteiger partial charge in [0.15, 0.2) is 0 Å². The Balaban J connectivity index is 2.11. The first kappa shape index (κ1) is 15.5. The molecule has 5 heteroatoms. The van der Waals surface area contributed by atoms with E-state index < -0.39 is 0 Å². The van der Waals surface area contributed by atoms with Crippen molar-refractivity contribution in [1.82, 2.24) is 9.97 Å². The molecule has 5 nitrogen and oxygen atoms in total. The van der Waals surface area contributed by atoms with Crippen LogP contribution in [-0.2, 0) is 4.74 Å². The highest BCUT2D eigenvalue weighted by Gasteiger charge is 2.06. The summed E-state index contributed by atoms with van der Waals surface area (Å²) in [5, 5.41) is 7.69. The van der Waals surface area contributed by atoms with Crippen LogP contribution >= 0.6 is 0 Å². The number of para-hydroxylation sites is 1. The van der Waals surface area contributed by atoms with Gasteiger partial charge in [-0.25, -0.2) is 4.98 Å². The fraction of sp³-hybridized carbons (Fsp3) is 0.500. The lowest BCUT2D eigenvalue weighted by molar-refractivity contribution is 0.147. The molecule has 0 aliphatic carbocycles. The van der Waals surface area contributed by atoms with Crippen molar-refractivity contribution in [2.24, 2.45) is 0 Å². The fourth-order valence-electron chi connectivity index (χ4n) is 2.05. The molecular weight excluding hydrogens is 264 g/mol. The fourth-order valence-corrected chi connectivity index (χ4v) is 2.05. The molecule has 2 aromatic rings. The third-order valence-corrected chi connectivity index (χ3v) is 3.10. The summed E-state index contributed by atoms with van der Waals surface area (Å²) in [6.45, 7) is 7.39. The predicted molar refractivity (Wildman–Crippen MR) is 87.9 cm³/mol. The van der Waals surface area contributed by atoms with E-state index in [-0.39, 0.29) is 0 Å². The molecule has 1 aromatic heterocycles. The third kappa shape index (κ3) is 4.56. The zero-order chi connectivity index (χ0) is 14.9. The lowest BCUT2D eigenvalue weighted by atomic mass is 10.2. The standard InChI is InChI=1S/C16H24N4O/c1-3-10-18-16-19-14-9-6-5-8-13(14)15(20-16)17-11-7-12-21-4-2/h5-6,8-9H,3-4,7,10-12H2,1-2H3,(H2,17,18,19,20). The van der Waals surface area contributed by atoms with Gasteiger partial charge in [-0.2, -0.15) is 4.98 Å². The third-order valence-electron chi connectivity index (χ3n) is 3.10. The van der Waals surface area contributed by atoms with Crippen LogP contribution in [0.15, 0.2) is 24.3 Å². The van der Waals surface area contributed by atoms with Gasteiger partial charge in [0.25, 0.3) is 0 Å². The van der Waals surface area contributed by atoms with Gasteiger partial charge in [0.1, 0.15) is 5.82 Å². The van der Waals surface area contributed by atoms with E-state index >= 15 is 0 Å². The maximum atomic E-state index is 5.35. The van der Waals surface area contributed by atoms with Crippen molar-refractivity contribution in [1.29, 1.82) is 0 Å². The maximum absolute atomic E-state index is 5.35. The zero-order valence-corrected chi connectivity index (χ0v) is 12.9. The van der Waals surface area contributed by atoms with Crippen molar-refractivity contribution in [3.63, 3.8) is 0 Å². The number of rotatable bonds is 9. The van der Waals surface area contributed by atoms with Gasteiger partial charge in [-0.15, -0.1) is 0 Å². The summed E-state index contributed by atoms with van der Waals surface area (Å²) in [5.74, 6) is 1.57. The molecule has 0 bridgehead atoms. The number of ether oxygens (including phenoxy) is 1. The number of benzene rings is 1. The number of nitrogens with zero attached hydrogens (tertiary/aromatic N) is 2. The molecule has 0 atom stereocenters. The Labute approximate surface area is 126 Å². The summed E-state index contributed by atoms with van der Waals surface area (Å²) in [6.07, 6.45) is 2.01. The molecule has 2 N–H and O–H groups in total. The van der Waals surface area contributed by atoms with E-state index in [4.69, 9.17) is 4.74 Å². The Hall–Kier alpha value is -1.88. The second kappa shape index (κ2) is 8.42. The monoisotopic (exact) mass is 288 g/mol. The average molecular weight is 288 g/mol. The summed E-state index contributed by atoms with van der Waals surface area (Å²) in [4.78, 5) is 9.13. The van der Waals surface area contributed by atoms with E-state index in [1.807, 2.05) is 31.2 Å². The van der Waals surface area contributed by atoms with Crippen LogP contribution in [0.1, 0.15) is 26.7 Å². The van der Waals surface area contributed by atoms with E-state index in [1.165, 1.54) is 0 Å². The van der Waals surface area contributed by atoms with Crippen LogP contribution in [0.3, 0.4) is 0 Å². The molecule has 1 aromatic carbocycles. The van der Waals surface area contributed by atoms with Gasteiger partial charge < -0.3 is 15.4 Å². The molecule has 114 valence electrons. The Bertz CT molecular complexity index is 559. The minimum atomic E-state index is 0.683. The minimum Gasteiger partial charge on any atom is -0.382 e. The van der Waals surface area contributed by atoms with E-state index in [0.717, 1.165) is 55.9 Å². The van der Waals surface area contributed by atoms with Gasteiger partial charge in [0.2, 0.25) is 5.95 Å². The number of hydrogen-bond donors (Lipinski definition) is 2. The molecule has 0 aliphatic heterocycles. The van der Waals surface area contributed by atoms with Gasteiger partial charge in [0.05, 0.1) is 5.52 Å². The van der Waals surface area contributed by atoms with Gasteiger partial charge >= 0.3 is 0 Å². The molecule has 2 rings (SSSR count). The topological polar surface area (TPSA) is 59.1 Å². The normalized spacial score (nSPS) is 10.8. The van der Waals surface area contributed by atoms with E-state index in [1.54, 1.807) is 0 Å². The second-order valence-electron chi connectivity index (χ2n) is 4.82. The summed E-state index contributed by atoms with van der Waals surface area (Å²) in [6, 6.07) is 8.07. The van der Waals surface area contributed by atoms with E-state index in [2.05, 4.69) is 27.5 Å². The van der Waals surface area contributed by atoms with Crippen molar-refractivity contribution >= 4 is 22.7 Å². The molecule has 0 spiro atoms. The van der Waals surface area contributed by atoms with Gasteiger partial charge in [-0.3, -0.25) is 0 Å². The molecule has 0 fully saturated rings. The highest BCUT2D eigenvalue weighted by molar-refractivity contribution is 5.89. The second-order valence-corrected chi connectivity index (χ2v) is 4.82. The quantitative estimate of drug-likeness (QED) is 0.693. The van der Waals surface area contributed by atoms with Crippen LogP contribution < -0.4 is 10.6 Å². The van der Waals surface area contributed by atoms with E-state index in [0.29, 0.717) is 5.95 Å². The summed E-state index contributed by atoms with van der Waals surface area (Å²) in [5.41, 5.74) is 0.957. The SMILES string of the molecule is CCCNc1nc(NCCCOCC)c2ccccc2n1. The van der Waals surface area contributed by atoms with Crippen LogP contribution in [0, 0.1) is 0 Å². The van der Waals surface area contributed by atoms with Crippen molar-refractivity contribution < 1.29 is 4.74 Å². The molecule has 0 saturated carbocycles. The van der Waals surface area contributed by atoms with E-state index in [9.17, 15) is 0 Å². The van der Waals surface area contributed by atoms with Crippen LogP contribution in [0.5, 0.6) is 0 Å². The molecule has 0 aliphatic rings. The summed E-state index contributed by atoms with van der Waals surface area (Å²) < 4.78 is 5.35. The predicted octanol–water partition coefficient (Wildman–Crippen LogP) is 3.29. The number of fused-ring (bicyclic) bond motifs is 1. The zero-order valence-electron chi connectivity index (χ0n) is 12.9. The highest BCUT2D eigenvalue weighted by atomic mass is 16.5. The average Bonchev–Trinajstić information content (AvgIpc) is 2.52. The smallest absolute Gasteiger partial charge is 0.225 e.